The molecule has 9 heteroatoms. The van der Waals surface area contributed by atoms with Crippen molar-refractivity contribution in [1.82, 2.24) is 24.2 Å². The number of aromatic amines is 1. The molecule has 0 atom stereocenters. The predicted molar refractivity (Wildman–Crippen MR) is 98.6 cm³/mol. The third kappa shape index (κ3) is 2.82. The summed E-state index contributed by atoms with van der Waals surface area (Å²) in [5.74, 6) is 0.832. The minimum atomic E-state index is -3.57. The summed E-state index contributed by atoms with van der Waals surface area (Å²) in [6.07, 6.45) is 4.90. The molecule has 26 heavy (non-hydrogen) atoms. The Labute approximate surface area is 152 Å². The van der Waals surface area contributed by atoms with E-state index in [9.17, 15) is 8.42 Å². The van der Waals surface area contributed by atoms with Gasteiger partial charge in [0.05, 0.1) is 11.4 Å². The van der Waals surface area contributed by atoms with Gasteiger partial charge in [0.1, 0.15) is 16.4 Å². The molecule has 136 valence electrons. The minimum absolute atomic E-state index is 0.278. The van der Waals surface area contributed by atoms with Crippen LogP contribution >= 0.6 is 0 Å². The van der Waals surface area contributed by atoms with Gasteiger partial charge < -0.3 is 9.88 Å². The Bertz CT molecular complexity index is 1050. The van der Waals surface area contributed by atoms with Crippen LogP contribution < -0.4 is 4.90 Å². The summed E-state index contributed by atoms with van der Waals surface area (Å²) in [5.41, 5.74) is 2.29. The summed E-state index contributed by atoms with van der Waals surface area (Å²) < 4.78 is 27.6. The van der Waals surface area contributed by atoms with Crippen LogP contribution in [0.15, 0.2) is 35.6 Å². The second kappa shape index (κ2) is 6.33. The van der Waals surface area contributed by atoms with Gasteiger partial charge in [0.25, 0.3) is 0 Å². The number of nitrogens with zero attached hydrogens (tertiary/aromatic N) is 5. The highest BCUT2D eigenvalue weighted by atomic mass is 32.2. The monoisotopic (exact) mass is 372 g/mol. The highest BCUT2D eigenvalue weighted by molar-refractivity contribution is 7.89. The SMILES string of the molecule is Cc1cnc(C)c(N2CCN(S(=O)(=O)c3c[nH]c4ncccc34)CC2)n1. The maximum atomic E-state index is 13.1. The molecule has 1 aliphatic rings. The third-order valence-corrected chi connectivity index (χ3v) is 6.56. The molecule has 0 amide bonds. The summed E-state index contributed by atoms with van der Waals surface area (Å²) in [6.45, 7) is 5.80. The summed E-state index contributed by atoms with van der Waals surface area (Å²) in [4.78, 5) is 18.4. The van der Waals surface area contributed by atoms with E-state index >= 15 is 0 Å². The molecule has 0 spiro atoms. The lowest BCUT2D eigenvalue weighted by Gasteiger charge is -2.35. The van der Waals surface area contributed by atoms with Crippen molar-refractivity contribution in [3.8, 4) is 0 Å². The van der Waals surface area contributed by atoms with Crippen LogP contribution in [0.1, 0.15) is 11.4 Å². The van der Waals surface area contributed by atoms with Crippen LogP contribution in [-0.2, 0) is 10.0 Å². The van der Waals surface area contributed by atoms with Crippen molar-refractivity contribution in [3.05, 3.63) is 42.1 Å². The molecular weight excluding hydrogens is 352 g/mol. The zero-order chi connectivity index (χ0) is 18.3. The second-order valence-corrected chi connectivity index (χ2v) is 8.27. The van der Waals surface area contributed by atoms with Crippen LogP contribution in [0.4, 0.5) is 5.82 Å². The fourth-order valence-electron chi connectivity index (χ4n) is 3.25. The van der Waals surface area contributed by atoms with Gasteiger partial charge in [-0.25, -0.2) is 18.4 Å². The lowest BCUT2D eigenvalue weighted by Crippen LogP contribution is -2.49. The normalized spacial score (nSPS) is 16.3. The second-order valence-electron chi connectivity index (χ2n) is 6.36. The van der Waals surface area contributed by atoms with Crippen molar-refractivity contribution in [1.29, 1.82) is 0 Å². The van der Waals surface area contributed by atoms with Gasteiger partial charge in [0.15, 0.2) is 0 Å². The number of pyridine rings is 1. The quantitative estimate of drug-likeness (QED) is 0.748. The molecule has 0 radical (unpaired) electrons. The van der Waals surface area contributed by atoms with Crippen LogP contribution in [0.2, 0.25) is 0 Å². The molecule has 1 saturated heterocycles. The fourth-order valence-corrected chi connectivity index (χ4v) is 4.82. The Kier molecular flexibility index (Phi) is 4.12. The number of hydrogen-bond donors (Lipinski definition) is 1. The third-order valence-electron chi connectivity index (χ3n) is 4.62. The van der Waals surface area contributed by atoms with Crippen molar-refractivity contribution in [2.75, 3.05) is 31.1 Å². The molecule has 1 aliphatic heterocycles. The predicted octanol–water partition coefficient (Wildman–Crippen LogP) is 1.48. The highest BCUT2D eigenvalue weighted by Gasteiger charge is 2.31. The van der Waals surface area contributed by atoms with Crippen LogP contribution in [0.25, 0.3) is 11.0 Å². The number of fused-ring (bicyclic) bond motifs is 1. The number of nitrogens with one attached hydrogen (secondary N) is 1. The molecule has 1 N–H and O–H groups in total. The van der Waals surface area contributed by atoms with E-state index in [1.807, 2.05) is 13.8 Å². The smallest absolute Gasteiger partial charge is 0.245 e. The summed E-state index contributed by atoms with van der Waals surface area (Å²) in [5, 5.41) is 0.621. The van der Waals surface area contributed by atoms with E-state index in [1.165, 1.54) is 10.5 Å². The minimum Gasteiger partial charge on any atom is -0.352 e. The van der Waals surface area contributed by atoms with Gasteiger partial charge in [0, 0.05) is 50.2 Å². The number of hydrogen-bond acceptors (Lipinski definition) is 6. The number of H-pyrrole nitrogens is 1. The number of sulfonamides is 1. The van der Waals surface area contributed by atoms with Crippen molar-refractivity contribution in [3.63, 3.8) is 0 Å². The Morgan fingerprint density at radius 2 is 1.88 bits per heavy atom. The maximum absolute atomic E-state index is 13.1. The molecule has 1 fully saturated rings. The zero-order valence-corrected chi connectivity index (χ0v) is 15.5. The average Bonchev–Trinajstić information content (AvgIpc) is 3.09. The van der Waals surface area contributed by atoms with Gasteiger partial charge in [-0.2, -0.15) is 4.31 Å². The molecule has 0 bridgehead atoms. The summed E-state index contributed by atoms with van der Waals surface area (Å²) in [6, 6.07) is 3.51. The van der Waals surface area contributed by atoms with Crippen LogP contribution in [-0.4, -0.2) is 58.8 Å². The van der Waals surface area contributed by atoms with Gasteiger partial charge in [-0.3, -0.25) is 4.98 Å². The largest absolute Gasteiger partial charge is 0.352 e. The first-order chi connectivity index (χ1) is 12.5. The Hall–Kier alpha value is -2.52. The lowest BCUT2D eigenvalue weighted by atomic mass is 10.3. The van der Waals surface area contributed by atoms with Crippen molar-refractivity contribution in [2.45, 2.75) is 18.7 Å². The van der Waals surface area contributed by atoms with Crippen LogP contribution in [0, 0.1) is 13.8 Å². The highest BCUT2D eigenvalue weighted by Crippen LogP contribution is 2.26. The molecular formula is C17H20N6O2S. The van der Waals surface area contributed by atoms with Crippen molar-refractivity contribution >= 4 is 26.9 Å². The molecule has 3 aromatic rings. The van der Waals surface area contributed by atoms with Crippen LogP contribution in [0.3, 0.4) is 0 Å². The topological polar surface area (TPSA) is 95.1 Å². The Balaban J connectivity index is 1.57. The van der Waals surface area contributed by atoms with E-state index in [2.05, 4.69) is 24.8 Å². The molecule has 0 unspecified atom stereocenters. The van der Waals surface area contributed by atoms with Crippen molar-refractivity contribution in [2.24, 2.45) is 0 Å². The number of anilines is 1. The standard InChI is InChI=1S/C17H20N6O2S/c1-12-10-19-13(2)17(21-12)22-6-8-23(9-7-22)26(24,25)15-11-20-16-14(15)4-3-5-18-16/h3-5,10-11H,6-9H2,1-2H3,(H,18,20). The molecule has 8 nitrogen and oxygen atoms in total. The number of aromatic nitrogens is 4. The van der Waals surface area contributed by atoms with E-state index in [-0.39, 0.29) is 4.90 Å². The van der Waals surface area contributed by atoms with E-state index in [0.717, 1.165) is 17.2 Å². The number of rotatable bonds is 3. The number of aryl methyl sites for hydroxylation is 2. The van der Waals surface area contributed by atoms with E-state index in [4.69, 9.17) is 0 Å². The Morgan fingerprint density at radius 1 is 1.12 bits per heavy atom. The molecule has 4 heterocycles. The lowest BCUT2D eigenvalue weighted by molar-refractivity contribution is 0.384. The van der Waals surface area contributed by atoms with E-state index in [0.29, 0.717) is 37.2 Å². The Morgan fingerprint density at radius 3 is 2.65 bits per heavy atom. The first kappa shape index (κ1) is 16.9. The first-order valence-corrected chi connectivity index (χ1v) is 9.88. The van der Waals surface area contributed by atoms with Crippen molar-refractivity contribution < 1.29 is 8.42 Å². The fraction of sp³-hybridized carbons (Fsp3) is 0.353. The molecule has 0 aliphatic carbocycles. The van der Waals surface area contributed by atoms with Gasteiger partial charge in [-0.05, 0) is 26.0 Å². The molecule has 0 aromatic carbocycles. The van der Waals surface area contributed by atoms with Gasteiger partial charge in [-0.15, -0.1) is 0 Å². The zero-order valence-electron chi connectivity index (χ0n) is 14.7. The van der Waals surface area contributed by atoms with Gasteiger partial charge >= 0.3 is 0 Å². The van der Waals surface area contributed by atoms with Gasteiger partial charge in [0.2, 0.25) is 10.0 Å². The molecule has 4 rings (SSSR count). The van der Waals surface area contributed by atoms with E-state index in [1.54, 1.807) is 24.5 Å². The number of piperazine rings is 1. The first-order valence-electron chi connectivity index (χ1n) is 8.44. The van der Waals surface area contributed by atoms with E-state index < -0.39 is 10.0 Å². The maximum Gasteiger partial charge on any atom is 0.245 e. The average molecular weight is 372 g/mol. The molecule has 0 saturated carbocycles. The van der Waals surface area contributed by atoms with Gasteiger partial charge in [-0.1, -0.05) is 0 Å². The van der Waals surface area contributed by atoms with Crippen LogP contribution in [0.5, 0.6) is 0 Å². The molecule has 3 aromatic heterocycles. The summed E-state index contributed by atoms with van der Waals surface area (Å²) >= 11 is 0. The summed E-state index contributed by atoms with van der Waals surface area (Å²) in [7, 11) is -3.57.